The minimum absolute atomic E-state index is 0.116. The topological polar surface area (TPSA) is 127 Å². The van der Waals surface area contributed by atoms with Gasteiger partial charge in [0.2, 0.25) is 0 Å². The van der Waals surface area contributed by atoms with Gasteiger partial charge in [-0.3, -0.25) is 29.0 Å². The quantitative estimate of drug-likeness (QED) is 0.396. The van der Waals surface area contributed by atoms with Gasteiger partial charge >= 0.3 is 6.03 Å². The van der Waals surface area contributed by atoms with Crippen LogP contribution in [0.4, 0.5) is 10.5 Å². The zero-order chi connectivity index (χ0) is 20.9. The Labute approximate surface area is 167 Å². The molecule has 0 aliphatic carbocycles. The van der Waals surface area contributed by atoms with Gasteiger partial charge in [-0.25, -0.2) is 9.78 Å². The van der Waals surface area contributed by atoms with Gasteiger partial charge in [0.15, 0.2) is 4.96 Å². The molecule has 0 spiro atoms. The van der Waals surface area contributed by atoms with Gasteiger partial charge in [0.25, 0.3) is 17.2 Å². The fraction of sp³-hybridized carbons (Fsp3) is 0.222. The number of amides is 3. The SMILES string of the molecule is Cc1csc2nc(CN3C(=O)N[C@](C)(c4ccc([N+](=O)[O-])cc4)C3=O)cc(=O)n12. The van der Waals surface area contributed by atoms with Gasteiger partial charge in [-0.15, -0.1) is 11.3 Å². The van der Waals surface area contributed by atoms with E-state index in [1.54, 1.807) is 12.3 Å². The molecule has 0 unspecified atom stereocenters. The number of rotatable bonds is 4. The number of hydrogen-bond donors (Lipinski definition) is 1. The fourth-order valence-electron chi connectivity index (χ4n) is 3.30. The molecule has 10 nitrogen and oxygen atoms in total. The van der Waals surface area contributed by atoms with Crippen molar-refractivity contribution in [2.24, 2.45) is 0 Å². The smallest absolute Gasteiger partial charge is 0.319 e. The number of hydrogen-bond acceptors (Lipinski definition) is 7. The molecule has 0 saturated carbocycles. The van der Waals surface area contributed by atoms with Crippen LogP contribution < -0.4 is 10.9 Å². The van der Waals surface area contributed by atoms with Crippen LogP contribution in [0.2, 0.25) is 0 Å². The highest BCUT2D eigenvalue weighted by atomic mass is 32.1. The van der Waals surface area contributed by atoms with E-state index in [1.165, 1.54) is 53.0 Å². The second kappa shape index (κ2) is 6.48. The zero-order valence-corrected chi connectivity index (χ0v) is 16.2. The third-order valence-corrected chi connectivity index (χ3v) is 5.82. The Balaban J connectivity index is 1.64. The van der Waals surface area contributed by atoms with E-state index >= 15 is 0 Å². The van der Waals surface area contributed by atoms with E-state index in [9.17, 15) is 24.5 Å². The van der Waals surface area contributed by atoms with Crippen molar-refractivity contribution >= 4 is 33.9 Å². The molecule has 4 rings (SSSR count). The van der Waals surface area contributed by atoms with Crippen LogP contribution in [0.3, 0.4) is 0 Å². The number of aromatic nitrogens is 2. The number of nitro groups is 1. The van der Waals surface area contributed by atoms with Gasteiger partial charge in [-0.05, 0) is 31.5 Å². The van der Waals surface area contributed by atoms with Crippen molar-refractivity contribution in [2.75, 3.05) is 0 Å². The molecule has 29 heavy (non-hydrogen) atoms. The second-order valence-electron chi connectivity index (χ2n) is 6.83. The Morgan fingerprint density at radius 3 is 2.59 bits per heavy atom. The summed E-state index contributed by atoms with van der Waals surface area (Å²) in [5, 5.41) is 15.3. The van der Waals surface area contributed by atoms with Crippen molar-refractivity contribution in [3.05, 3.63) is 73.1 Å². The number of urea groups is 1. The summed E-state index contributed by atoms with van der Waals surface area (Å²) in [4.78, 5) is 54.0. The molecule has 1 aromatic carbocycles. The monoisotopic (exact) mass is 413 g/mol. The lowest BCUT2D eigenvalue weighted by molar-refractivity contribution is -0.384. The number of thiazole rings is 1. The summed E-state index contributed by atoms with van der Waals surface area (Å²) in [6, 6.07) is 6.10. The number of fused-ring (bicyclic) bond motifs is 1. The lowest BCUT2D eigenvalue weighted by Gasteiger charge is -2.22. The first-order valence-electron chi connectivity index (χ1n) is 8.56. The van der Waals surface area contributed by atoms with Gasteiger partial charge in [0, 0.05) is 29.3 Å². The first-order chi connectivity index (χ1) is 13.7. The molecule has 148 valence electrons. The first kappa shape index (κ1) is 18.7. The van der Waals surface area contributed by atoms with Crippen molar-refractivity contribution in [2.45, 2.75) is 25.9 Å². The summed E-state index contributed by atoms with van der Waals surface area (Å²) < 4.78 is 1.46. The lowest BCUT2D eigenvalue weighted by atomic mass is 9.92. The molecule has 2 aromatic heterocycles. The van der Waals surface area contributed by atoms with Crippen LogP contribution in [0.15, 0.2) is 40.5 Å². The normalized spacial score (nSPS) is 19.0. The largest absolute Gasteiger partial charge is 0.325 e. The van der Waals surface area contributed by atoms with Crippen molar-refractivity contribution in [1.82, 2.24) is 19.6 Å². The van der Waals surface area contributed by atoms with Crippen LogP contribution in [0.1, 0.15) is 23.9 Å². The molecule has 1 atom stereocenters. The van der Waals surface area contributed by atoms with E-state index in [1.807, 2.05) is 0 Å². The average molecular weight is 413 g/mol. The summed E-state index contributed by atoms with van der Waals surface area (Å²) in [5.41, 5.74) is -0.293. The van der Waals surface area contributed by atoms with E-state index in [4.69, 9.17) is 0 Å². The Morgan fingerprint density at radius 2 is 1.93 bits per heavy atom. The molecular formula is C18H15N5O5S. The minimum atomic E-state index is -1.37. The van der Waals surface area contributed by atoms with Gasteiger partial charge in [-0.2, -0.15) is 0 Å². The molecule has 1 aliphatic rings. The number of non-ortho nitro benzene ring substituents is 1. The van der Waals surface area contributed by atoms with Crippen molar-refractivity contribution in [1.29, 1.82) is 0 Å². The number of nitrogens with one attached hydrogen (secondary N) is 1. The Bertz CT molecular complexity index is 1230. The molecule has 3 amide bonds. The summed E-state index contributed by atoms with van der Waals surface area (Å²) in [6.45, 7) is 3.16. The van der Waals surface area contributed by atoms with Gasteiger partial charge in [0.05, 0.1) is 17.2 Å². The molecule has 1 fully saturated rings. The van der Waals surface area contributed by atoms with Crippen LogP contribution in [0.25, 0.3) is 4.96 Å². The van der Waals surface area contributed by atoms with E-state index in [2.05, 4.69) is 10.3 Å². The van der Waals surface area contributed by atoms with Crippen molar-refractivity contribution in [3.63, 3.8) is 0 Å². The summed E-state index contributed by atoms with van der Waals surface area (Å²) >= 11 is 1.29. The fourth-order valence-corrected chi connectivity index (χ4v) is 4.19. The molecule has 3 heterocycles. The van der Waals surface area contributed by atoms with E-state index < -0.39 is 22.4 Å². The highest BCUT2D eigenvalue weighted by molar-refractivity contribution is 7.15. The Hall–Kier alpha value is -3.60. The van der Waals surface area contributed by atoms with E-state index in [0.29, 0.717) is 16.2 Å². The van der Waals surface area contributed by atoms with Crippen LogP contribution in [-0.4, -0.2) is 31.1 Å². The number of nitro benzene ring substituents is 1. The number of carbonyl (C=O) groups excluding carboxylic acids is 2. The zero-order valence-electron chi connectivity index (χ0n) is 15.4. The Kier molecular flexibility index (Phi) is 4.19. The van der Waals surface area contributed by atoms with E-state index in [0.717, 1.165) is 10.6 Å². The third kappa shape index (κ3) is 2.95. The molecule has 11 heteroatoms. The molecule has 1 saturated heterocycles. The van der Waals surface area contributed by atoms with Crippen LogP contribution >= 0.6 is 11.3 Å². The van der Waals surface area contributed by atoms with Crippen LogP contribution in [0, 0.1) is 17.0 Å². The summed E-state index contributed by atoms with van der Waals surface area (Å²) in [5.74, 6) is -0.527. The predicted molar refractivity (Wildman–Crippen MR) is 104 cm³/mol. The van der Waals surface area contributed by atoms with E-state index in [-0.39, 0.29) is 17.8 Å². The number of benzene rings is 1. The second-order valence-corrected chi connectivity index (χ2v) is 7.67. The summed E-state index contributed by atoms with van der Waals surface area (Å²) in [7, 11) is 0. The first-order valence-corrected chi connectivity index (χ1v) is 9.44. The lowest BCUT2D eigenvalue weighted by Crippen LogP contribution is -2.40. The van der Waals surface area contributed by atoms with Crippen LogP contribution in [-0.2, 0) is 16.9 Å². The number of imide groups is 1. The van der Waals surface area contributed by atoms with Gasteiger partial charge < -0.3 is 5.32 Å². The maximum absolute atomic E-state index is 13.0. The van der Waals surface area contributed by atoms with Gasteiger partial charge in [0.1, 0.15) is 5.54 Å². The molecule has 3 aromatic rings. The van der Waals surface area contributed by atoms with Crippen LogP contribution in [0.5, 0.6) is 0 Å². The third-order valence-electron chi connectivity index (χ3n) is 4.88. The standard InChI is InChI=1S/C18H15N5O5S/c1-10-9-29-17-19-12(7-14(24)22(10)17)8-21-15(25)18(2,20-16(21)26)11-3-5-13(6-4-11)23(27)28/h3-7,9H,8H2,1-2H3,(H,20,26)/t18-/m1/s1. The molecule has 1 N–H and O–H groups in total. The van der Waals surface area contributed by atoms with Crippen molar-refractivity contribution in [3.8, 4) is 0 Å². The number of carbonyl (C=O) groups is 2. The number of aryl methyl sites for hydroxylation is 1. The molecular weight excluding hydrogens is 398 g/mol. The predicted octanol–water partition coefficient (Wildman–Crippen LogP) is 1.94. The highest BCUT2D eigenvalue weighted by Gasteiger charge is 2.49. The minimum Gasteiger partial charge on any atom is -0.319 e. The van der Waals surface area contributed by atoms with Gasteiger partial charge in [-0.1, -0.05) is 0 Å². The molecule has 1 aliphatic heterocycles. The highest BCUT2D eigenvalue weighted by Crippen LogP contribution is 2.30. The average Bonchev–Trinajstić information content (AvgIpc) is 3.15. The number of nitrogens with zero attached hydrogens (tertiary/aromatic N) is 4. The molecule has 0 bridgehead atoms. The van der Waals surface area contributed by atoms with Crippen molar-refractivity contribution < 1.29 is 14.5 Å². The Morgan fingerprint density at radius 1 is 1.24 bits per heavy atom. The molecule has 0 radical (unpaired) electrons. The maximum Gasteiger partial charge on any atom is 0.325 e. The maximum atomic E-state index is 13.0. The summed E-state index contributed by atoms with van der Waals surface area (Å²) in [6.07, 6.45) is 0.